The normalized spacial score (nSPS) is 15.5. The minimum absolute atomic E-state index is 0.0207. The Kier molecular flexibility index (Phi) is 16.2. The van der Waals surface area contributed by atoms with E-state index in [4.69, 9.17) is 21.7 Å². The van der Waals surface area contributed by atoms with Crippen LogP contribution in [0, 0.1) is 5.92 Å². The average molecular weight is 668 g/mol. The summed E-state index contributed by atoms with van der Waals surface area (Å²) >= 11 is 0. The molecule has 1 aromatic rings. The number of benzene rings is 1. The van der Waals surface area contributed by atoms with Crippen molar-refractivity contribution in [3.05, 3.63) is 29.8 Å². The van der Waals surface area contributed by atoms with Gasteiger partial charge in [-0.1, -0.05) is 26.0 Å². The fraction of sp³-hybridized carbons (Fsp3) is 0.552. The maximum atomic E-state index is 13.3. The predicted molar refractivity (Wildman–Crippen MR) is 165 cm³/mol. The second-order valence-electron chi connectivity index (χ2n) is 11.4. The molecular formula is C29H45N7O11. The molecule has 0 heterocycles. The van der Waals surface area contributed by atoms with E-state index in [0.717, 1.165) is 6.92 Å². The minimum Gasteiger partial charge on any atom is -0.508 e. The van der Waals surface area contributed by atoms with E-state index in [1.54, 1.807) is 0 Å². The number of hydrogen-bond donors (Lipinski definition) is 11. The zero-order chi connectivity index (χ0) is 36.0. The van der Waals surface area contributed by atoms with Crippen molar-refractivity contribution in [2.45, 2.75) is 89.3 Å². The molecule has 262 valence electrons. The first kappa shape index (κ1) is 40.2. The highest BCUT2D eigenvalue weighted by Gasteiger charge is 2.34. The van der Waals surface area contributed by atoms with Crippen molar-refractivity contribution in [3.8, 4) is 5.75 Å². The predicted octanol–water partition coefficient (Wildman–Crippen LogP) is -3.91. The van der Waals surface area contributed by atoms with Gasteiger partial charge in [-0.25, -0.2) is 4.79 Å². The van der Waals surface area contributed by atoms with Crippen LogP contribution in [0.25, 0.3) is 0 Å². The number of hydrogen-bond acceptors (Lipinski definition) is 11. The standard InChI is InChI=1S/C29H45N7O11/c1-13(2)9-18(30)25(42)34-19(10-16-5-7-17(39)8-6-16)26(43)32-14(3)24(41)33-20(11-22(31)40)27(44)36-23(15(4)38)28(45)35-21(12-37)29(46)47/h5-8,13-15,18-21,23,37-39H,9-12,30H2,1-4H3,(H2,31,40)(H,32,43)(H,33,41)(H,34,42)(H,35,45)(H,36,44)(H,46,47)/t14-,15+,18-,19-,20-,21-,23-/m0/s1. The molecule has 13 N–H and O–H groups in total. The van der Waals surface area contributed by atoms with E-state index in [2.05, 4.69) is 21.3 Å². The van der Waals surface area contributed by atoms with E-state index < -0.39 is 96.8 Å². The van der Waals surface area contributed by atoms with Gasteiger partial charge in [-0.2, -0.15) is 0 Å². The highest BCUT2D eigenvalue weighted by molar-refractivity contribution is 5.97. The molecule has 6 amide bonds. The quantitative estimate of drug-likeness (QED) is 0.0674. The Labute approximate surface area is 271 Å². The van der Waals surface area contributed by atoms with Gasteiger partial charge in [0.15, 0.2) is 0 Å². The zero-order valence-corrected chi connectivity index (χ0v) is 26.6. The molecule has 0 aliphatic heterocycles. The topological polar surface area (TPSA) is 313 Å². The molecule has 1 aromatic carbocycles. The van der Waals surface area contributed by atoms with Crippen LogP contribution in [0.5, 0.6) is 5.75 Å². The summed E-state index contributed by atoms with van der Waals surface area (Å²) in [6.45, 7) is 5.09. The van der Waals surface area contributed by atoms with Gasteiger partial charge in [0.2, 0.25) is 35.4 Å². The highest BCUT2D eigenvalue weighted by atomic mass is 16.4. The summed E-state index contributed by atoms with van der Waals surface area (Å²) in [6.07, 6.45) is -2.08. The lowest BCUT2D eigenvalue weighted by Crippen LogP contribution is -2.61. The van der Waals surface area contributed by atoms with E-state index >= 15 is 0 Å². The fourth-order valence-electron chi connectivity index (χ4n) is 4.16. The molecule has 0 fully saturated rings. The van der Waals surface area contributed by atoms with Gasteiger partial charge in [0.05, 0.1) is 25.2 Å². The molecule has 0 aromatic heterocycles. The number of phenolic OH excluding ortho intramolecular Hbond substituents is 1. The molecule has 18 nitrogen and oxygen atoms in total. The van der Waals surface area contributed by atoms with Crippen LogP contribution in [-0.4, -0.2) is 111 Å². The average Bonchev–Trinajstić information content (AvgIpc) is 2.97. The van der Waals surface area contributed by atoms with Gasteiger partial charge < -0.3 is 58.5 Å². The van der Waals surface area contributed by atoms with E-state index in [1.165, 1.54) is 31.2 Å². The van der Waals surface area contributed by atoms with Crippen LogP contribution in [0.1, 0.15) is 46.1 Å². The van der Waals surface area contributed by atoms with Gasteiger partial charge in [-0.15, -0.1) is 0 Å². The van der Waals surface area contributed by atoms with Crippen molar-refractivity contribution in [3.63, 3.8) is 0 Å². The molecule has 1 rings (SSSR count). The minimum atomic E-state index is -1.77. The first-order chi connectivity index (χ1) is 21.9. The maximum absolute atomic E-state index is 13.3. The molecule has 0 aliphatic carbocycles. The smallest absolute Gasteiger partial charge is 0.328 e. The number of rotatable bonds is 19. The monoisotopic (exact) mass is 667 g/mol. The summed E-state index contributed by atoms with van der Waals surface area (Å²) in [5, 5.41) is 49.1. The van der Waals surface area contributed by atoms with Crippen LogP contribution in [0.3, 0.4) is 0 Å². The van der Waals surface area contributed by atoms with E-state index in [9.17, 15) is 43.8 Å². The summed E-state index contributed by atoms with van der Waals surface area (Å²) < 4.78 is 0. The third kappa shape index (κ3) is 14.0. The number of phenols is 1. The zero-order valence-electron chi connectivity index (χ0n) is 26.6. The molecule has 47 heavy (non-hydrogen) atoms. The molecule has 0 saturated carbocycles. The third-order valence-corrected chi connectivity index (χ3v) is 6.72. The number of nitrogens with two attached hydrogens (primary N) is 2. The summed E-state index contributed by atoms with van der Waals surface area (Å²) in [6, 6.07) is -2.88. The largest absolute Gasteiger partial charge is 0.508 e. The molecule has 18 heteroatoms. The summed E-state index contributed by atoms with van der Waals surface area (Å²) in [4.78, 5) is 87.5. The van der Waals surface area contributed by atoms with Crippen LogP contribution >= 0.6 is 0 Å². The summed E-state index contributed by atoms with van der Waals surface area (Å²) in [7, 11) is 0. The Balaban J connectivity index is 3.10. The number of nitrogens with one attached hydrogen (secondary N) is 5. The van der Waals surface area contributed by atoms with Crippen LogP contribution in [0.4, 0.5) is 0 Å². The lowest BCUT2D eigenvalue weighted by Gasteiger charge is -2.26. The number of aliphatic carboxylic acids is 1. The molecule has 7 atom stereocenters. The fourth-order valence-corrected chi connectivity index (χ4v) is 4.16. The third-order valence-electron chi connectivity index (χ3n) is 6.72. The number of aliphatic hydroxyl groups is 2. The maximum Gasteiger partial charge on any atom is 0.328 e. The number of aromatic hydroxyl groups is 1. The van der Waals surface area contributed by atoms with Crippen molar-refractivity contribution in [2.24, 2.45) is 17.4 Å². The van der Waals surface area contributed by atoms with Crippen molar-refractivity contribution < 1.29 is 54.0 Å². The SMILES string of the molecule is CC(C)C[C@H](N)C(=O)N[C@@H](Cc1ccc(O)cc1)C(=O)N[C@@H](C)C(=O)N[C@@H](CC(N)=O)C(=O)N[C@H](C(=O)N[C@@H](CO)C(=O)O)[C@@H](C)O. The lowest BCUT2D eigenvalue weighted by atomic mass is 10.0. The number of carbonyl (C=O) groups is 7. The van der Waals surface area contributed by atoms with Crippen molar-refractivity contribution in [2.75, 3.05) is 6.61 Å². The number of amides is 6. The van der Waals surface area contributed by atoms with Crippen LogP contribution in [0.2, 0.25) is 0 Å². The molecule has 0 bridgehead atoms. The molecule has 0 unspecified atom stereocenters. The first-order valence-electron chi connectivity index (χ1n) is 14.7. The Morgan fingerprint density at radius 1 is 0.745 bits per heavy atom. The first-order valence-corrected chi connectivity index (χ1v) is 14.7. The van der Waals surface area contributed by atoms with Gasteiger partial charge in [-0.3, -0.25) is 28.8 Å². The van der Waals surface area contributed by atoms with Gasteiger partial charge >= 0.3 is 5.97 Å². The number of primary amides is 1. The van der Waals surface area contributed by atoms with E-state index in [0.29, 0.717) is 12.0 Å². The van der Waals surface area contributed by atoms with Gasteiger partial charge in [0.25, 0.3) is 0 Å². The van der Waals surface area contributed by atoms with E-state index in [1.807, 2.05) is 19.2 Å². The van der Waals surface area contributed by atoms with Crippen molar-refractivity contribution in [1.29, 1.82) is 0 Å². The summed E-state index contributed by atoms with van der Waals surface area (Å²) in [5.41, 5.74) is 11.8. The van der Waals surface area contributed by atoms with Crippen LogP contribution in [-0.2, 0) is 40.0 Å². The van der Waals surface area contributed by atoms with Crippen molar-refractivity contribution >= 4 is 41.4 Å². The Morgan fingerprint density at radius 3 is 1.77 bits per heavy atom. The number of carbonyl (C=O) groups excluding carboxylic acids is 6. The molecule has 0 aliphatic rings. The number of carboxylic acid groups (broad SMARTS) is 1. The molecule has 0 radical (unpaired) electrons. The number of aliphatic hydroxyl groups excluding tert-OH is 2. The second kappa shape index (κ2) is 19.0. The van der Waals surface area contributed by atoms with Crippen LogP contribution < -0.4 is 38.1 Å². The van der Waals surface area contributed by atoms with Gasteiger partial charge in [0.1, 0.15) is 36.0 Å². The molecule has 0 saturated heterocycles. The van der Waals surface area contributed by atoms with Crippen LogP contribution in [0.15, 0.2) is 24.3 Å². The van der Waals surface area contributed by atoms with Gasteiger partial charge in [0, 0.05) is 6.42 Å². The Bertz CT molecular complexity index is 1270. The number of carboxylic acids is 1. The molecule has 0 spiro atoms. The van der Waals surface area contributed by atoms with Crippen molar-refractivity contribution in [1.82, 2.24) is 26.6 Å². The summed E-state index contributed by atoms with van der Waals surface area (Å²) in [5.74, 6) is -7.30. The highest BCUT2D eigenvalue weighted by Crippen LogP contribution is 2.12. The lowest BCUT2D eigenvalue weighted by molar-refractivity contribution is -0.144. The molecular weight excluding hydrogens is 622 g/mol. The van der Waals surface area contributed by atoms with Gasteiger partial charge in [-0.05, 0) is 43.9 Å². The Morgan fingerprint density at radius 2 is 1.28 bits per heavy atom. The second-order valence-corrected chi connectivity index (χ2v) is 11.4. The van der Waals surface area contributed by atoms with E-state index in [-0.39, 0.29) is 18.1 Å². The Hall–Kier alpha value is -4.81.